The molecule has 0 spiro atoms. The Balaban J connectivity index is 0.836. The molecule has 5 aromatic rings. The molecule has 55 heavy (non-hydrogen) atoms. The average Bonchev–Trinajstić information content (AvgIpc) is 3.88. The molecule has 0 radical (unpaired) electrons. The molecule has 14 heteroatoms. The second kappa shape index (κ2) is 15.7. The van der Waals surface area contributed by atoms with E-state index < -0.39 is 6.04 Å². The minimum atomic E-state index is -0.431. The first kappa shape index (κ1) is 35.9. The molecular formula is C41H44N12O2. The summed E-state index contributed by atoms with van der Waals surface area (Å²) in [4.78, 5) is 38.0. The van der Waals surface area contributed by atoms with Crippen LogP contribution < -0.4 is 15.5 Å². The van der Waals surface area contributed by atoms with Crippen LogP contribution in [0.5, 0.6) is 0 Å². The lowest BCUT2D eigenvalue weighted by Crippen LogP contribution is -2.47. The molecule has 1 unspecified atom stereocenters. The Morgan fingerprint density at radius 2 is 1.73 bits per heavy atom. The minimum absolute atomic E-state index is 0.181. The van der Waals surface area contributed by atoms with Gasteiger partial charge in [-0.25, -0.2) is 9.97 Å². The summed E-state index contributed by atoms with van der Waals surface area (Å²) in [6, 6.07) is 16.2. The van der Waals surface area contributed by atoms with E-state index >= 15 is 0 Å². The number of carbonyl (C=O) groups excluding carboxylic acids is 2. The quantitative estimate of drug-likeness (QED) is 0.177. The fourth-order valence-corrected chi connectivity index (χ4v) is 8.22. The van der Waals surface area contributed by atoms with E-state index in [1.807, 2.05) is 31.3 Å². The molecule has 2 saturated heterocycles. The Hall–Kier alpha value is -6.12. The van der Waals surface area contributed by atoms with Gasteiger partial charge in [-0.15, -0.1) is 0 Å². The summed E-state index contributed by atoms with van der Waals surface area (Å²) in [5.74, 6) is 0.645. The Bertz CT molecular complexity index is 2270. The van der Waals surface area contributed by atoms with Crippen molar-refractivity contribution < 1.29 is 9.59 Å². The van der Waals surface area contributed by atoms with Gasteiger partial charge in [-0.1, -0.05) is 12.1 Å². The second-order valence-electron chi connectivity index (χ2n) is 15.0. The molecule has 8 rings (SSSR count). The largest absolute Gasteiger partial charge is 0.369 e. The van der Waals surface area contributed by atoms with E-state index in [1.165, 1.54) is 31.1 Å². The molecule has 14 nitrogen and oxygen atoms in total. The molecule has 280 valence electrons. The van der Waals surface area contributed by atoms with Gasteiger partial charge in [0.25, 0.3) is 0 Å². The number of amides is 2. The summed E-state index contributed by atoms with van der Waals surface area (Å²) >= 11 is 0. The first-order chi connectivity index (χ1) is 26.8. The number of anilines is 2. The number of nitrogens with zero attached hydrogens (tertiary/aromatic N) is 10. The number of piperazine rings is 1. The van der Waals surface area contributed by atoms with Crippen LogP contribution in [0, 0.1) is 28.6 Å². The van der Waals surface area contributed by atoms with E-state index in [0.29, 0.717) is 41.8 Å². The summed E-state index contributed by atoms with van der Waals surface area (Å²) < 4.78 is 3.74. The highest BCUT2D eigenvalue weighted by Gasteiger charge is 2.29. The second-order valence-corrected chi connectivity index (χ2v) is 15.0. The zero-order valence-corrected chi connectivity index (χ0v) is 30.9. The number of aromatic nitrogens is 6. The monoisotopic (exact) mass is 736 g/mol. The smallest absolute Gasteiger partial charge is 0.234 e. The van der Waals surface area contributed by atoms with Gasteiger partial charge in [0.05, 0.1) is 36.0 Å². The van der Waals surface area contributed by atoms with Crippen LogP contribution in [0.3, 0.4) is 0 Å². The van der Waals surface area contributed by atoms with Gasteiger partial charge in [0, 0.05) is 85.1 Å². The van der Waals surface area contributed by atoms with Crippen molar-refractivity contribution in [3.05, 3.63) is 78.5 Å². The number of nitriles is 2. The average molecular weight is 737 g/mol. The maximum Gasteiger partial charge on any atom is 0.234 e. The van der Waals surface area contributed by atoms with Crippen molar-refractivity contribution in [2.75, 3.05) is 42.9 Å². The number of fused-ring (bicyclic) bond motifs is 1. The van der Waals surface area contributed by atoms with Crippen molar-refractivity contribution >= 4 is 34.2 Å². The van der Waals surface area contributed by atoms with Crippen molar-refractivity contribution in [2.24, 2.45) is 5.92 Å². The number of hydrogen-bond acceptors (Lipinski definition) is 11. The van der Waals surface area contributed by atoms with Crippen molar-refractivity contribution in [1.82, 2.24) is 39.7 Å². The molecule has 1 saturated carbocycles. The number of hydrogen-bond donors (Lipinski definition) is 2. The Morgan fingerprint density at radius 3 is 2.47 bits per heavy atom. The molecule has 4 aromatic heterocycles. The van der Waals surface area contributed by atoms with Crippen molar-refractivity contribution in [1.29, 1.82) is 10.5 Å². The Morgan fingerprint density at radius 1 is 0.927 bits per heavy atom. The van der Waals surface area contributed by atoms with Crippen LogP contribution >= 0.6 is 0 Å². The molecule has 3 fully saturated rings. The van der Waals surface area contributed by atoms with E-state index in [2.05, 4.69) is 65.7 Å². The lowest BCUT2D eigenvalue weighted by Gasteiger charge is -2.37. The summed E-state index contributed by atoms with van der Waals surface area (Å²) in [6.45, 7) is 6.98. The van der Waals surface area contributed by atoms with Crippen molar-refractivity contribution in [3.63, 3.8) is 0 Å². The van der Waals surface area contributed by atoms with Gasteiger partial charge in [0.15, 0.2) is 11.5 Å². The van der Waals surface area contributed by atoms with E-state index in [-0.39, 0.29) is 17.7 Å². The number of carbonyl (C=O) groups is 2. The highest BCUT2D eigenvalue weighted by atomic mass is 16.2. The summed E-state index contributed by atoms with van der Waals surface area (Å²) in [6.07, 6.45) is 15.7. The first-order valence-electron chi connectivity index (χ1n) is 19.2. The number of imide groups is 1. The number of piperidine rings is 1. The standard InChI is InChI=1S/C41H44N12O2/c1-27(20-42)48-37-19-38(53-40-31(23-47-53)18-29(21-43)22-45-40)44-25-36(37)32-24-46-52(26-32)34-6-2-28(3-7-34)12-13-50-14-16-51(17-15-50)33-8-4-30(5-9-33)35-10-11-39(54)49-41(35)55/h4-5,8-9,18-19,22-28,34-35H,2-3,6-7,10-17H2,1H3,(H,44,48)(H,49,54,55)/t27-,28?,34?,35?/m1/s1. The molecule has 3 aliphatic rings. The molecule has 0 bridgehead atoms. The maximum atomic E-state index is 12.3. The minimum Gasteiger partial charge on any atom is -0.369 e. The normalized spacial score (nSPS) is 21.1. The predicted molar refractivity (Wildman–Crippen MR) is 207 cm³/mol. The molecular weight excluding hydrogens is 693 g/mol. The fraction of sp³-hybridized carbons (Fsp3) is 0.415. The SMILES string of the molecule is C[C@H](C#N)Nc1cc(-n2ncc3cc(C#N)cnc32)ncc1-c1cnn(C2CCC(CCN3CCN(c4ccc(C5CCC(=O)NC5=O)cc4)CC3)CC2)c1. The summed E-state index contributed by atoms with van der Waals surface area (Å²) in [5.41, 5.74) is 5.76. The molecule has 1 aliphatic carbocycles. The predicted octanol–water partition coefficient (Wildman–Crippen LogP) is 5.34. The van der Waals surface area contributed by atoms with Crippen molar-refractivity contribution in [2.45, 2.75) is 69.9 Å². The number of pyridine rings is 2. The third-order valence-corrected chi connectivity index (χ3v) is 11.4. The Labute approximate surface area is 319 Å². The first-order valence-corrected chi connectivity index (χ1v) is 19.2. The molecule has 1 aromatic carbocycles. The number of benzene rings is 1. The van der Waals surface area contributed by atoms with Gasteiger partial charge in [0.2, 0.25) is 11.8 Å². The highest BCUT2D eigenvalue weighted by Crippen LogP contribution is 2.36. The zero-order valence-electron chi connectivity index (χ0n) is 30.9. The number of nitrogens with one attached hydrogen (secondary N) is 2. The topological polar surface area (TPSA) is 174 Å². The van der Waals surface area contributed by atoms with Crippen LogP contribution in [0.2, 0.25) is 0 Å². The number of rotatable bonds is 10. The van der Waals surface area contributed by atoms with Gasteiger partial charge in [-0.2, -0.15) is 25.4 Å². The maximum absolute atomic E-state index is 12.3. The van der Waals surface area contributed by atoms with Gasteiger partial charge < -0.3 is 10.2 Å². The third-order valence-electron chi connectivity index (χ3n) is 11.4. The van der Waals surface area contributed by atoms with Crippen LogP contribution in [0.25, 0.3) is 28.0 Å². The van der Waals surface area contributed by atoms with Crippen LogP contribution in [0.1, 0.15) is 75.0 Å². The Kier molecular flexibility index (Phi) is 10.2. The molecule has 2 amide bonds. The lowest BCUT2D eigenvalue weighted by atomic mass is 9.84. The van der Waals surface area contributed by atoms with Crippen LogP contribution in [-0.2, 0) is 9.59 Å². The molecule has 2 N–H and O–H groups in total. The summed E-state index contributed by atoms with van der Waals surface area (Å²) in [5, 5.41) is 34.7. The lowest BCUT2D eigenvalue weighted by molar-refractivity contribution is -0.134. The fourth-order valence-electron chi connectivity index (χ4n) is 8.22. The van der Waals surface area contributed by atoms with E-state index in [4.69, 9.17) is 10.1 Å². The van der Waals surface area contributed by atoms with Crippen molar-refractivity contribution in [3.8, 4) is 29.1 Å². The van der Waals surface area contributed by atoms with Gasteiger partial charge >= 0.3 is 0 Å². The third kappa shape index (κ3) is 7.77. The van der Waals surface area contributed by atoms with Gasteiger partial charge in [-0.3, -0.25) is 24.5 Å². The highest BCUT2D eigenvalue weighted by molar-refractivity contribution is 6.01. The van der Waals surface area contributed by atoms with Crippen LogP contribution in [-0.4, -0.2) is 85.0 Å². The van der Waals surface area contributed by atoms with E-state index in [9.17, 15) is 20.1 Å². The summed E-state index contributed by atoms with van der Waals surface area (Å²) in [7, 11) is 0. The molecule has 6 heterocycles. The van der Waals surface area contributed by atoms with Gasteiger partial charge in [-0.05, 0) is 81.7 Å². The molecule has 2 atom stereocenters. The van der Waals surface area contributed by atoms with E-state index in [1.54, 1.807) is 23.1 Å². The zero-order chi connectivity index (χ0) is 37.9. The van der Waals surface area contributed by atoms with Gasteiger partial charge in [0.1, 0.15) is 12.1 Å². The van der Waals surface area contributed by atoms with Crippen LogP contribution in [0.4, 0.5) is 11.4 Å². The van der Waals surface area contributed by atoms with Crippen LogP contribution in [0.15, 0.2) is 67.4 Å². The molecule has 2 aliphatic heterocycles. The van der Waals surface area contributed by atoms with E-state index in [0.717, 1.165) is 73.3 Å².